The van der Waals surface area contributed by atoms with Crippen molar-refractivity contribution >= 4 is 55.9 Å². The lowest BCUT2D eigenvalue weighted by molar-refractivity contribution is 0.949. The Hall–Kier alpha value is -7.11. The van der Waals surface area contributed by atoms with Crippen LogP contribution in [0.25, 0.3) is 49.9 Å². The van der Waals surface area contributed by atoms with Gasteiger partial charge in [-0.05, 0) is 95.1 Å². The lowest BCUT2D eigenvalue weighted by atomic mass is 9.95. The highest BCUT2D eigenvalue weighted by Crippen LogP contribution is 2.44. The molecule has 0 radical (unpaired) electrons. The summed E-state index contributed by atoms with van der Waals surface area (Å²) in [6.07, 6.45) is 1.91. The molecule has 3 heterocycles. The SMILES string of the molecule is [2H]C([2H])([2H])N1CN(c2cccc(N(c3ccccc3)c3ccc4c5ccccc5n(-c5cc(-c6ccccc6-c6ccccc6)ccn5)c4c3)c2)c2ccccc21. The van der Waals surface area contributed by atoms with E-state index in [1.165, 1.54) is 16.0 Å². The van der Waals surface area contributed by atoms with Gasteiger partial charge in [-0.25, -0.2) is 4.98 Å². The summed E-state index contributed by atoms with van der Waals surface area (Å²) in [5, 5.41) is 2.28. The highest BCUT2D eigenvalue weighted by atomic mass is 15.4. The zero-order valence-corrected chi connectivity index (χ0v) is 29.4. The van der Waals surface area contributed by atoms with Gasteiger partial charge in [0.05, 0.1) is 29.1 Å². The third-order valence-electron chi connectivity index (χ3n) is 10.4. The molecule has 0 saturated heterocycles. The van der Waals surface area contributed by atoms with Crippen LogP contribution in [-0.4, -0.2) is 23.2 Å². The molecule has 0 fully saturated rings. The first-order chi connectivity index (χ1) is 27.9. The zero-order chi connectivity index (χ0) is 38.5. The third-order valence-corrected chi connectivity index (χ3v) is 10.4. The number of fused-ring (bicyclic) bond motifs is 4. The maximum absolute atomic E-state index is 8.25. The average Bonchev–Trinajstić information content (AvgIpc) is 3.82. The number of nitrogens with zero attached hydrogens (tertiary/aromatic N) is 5. The Balaban J connectivity index is 1.12. The van der Waals surface area contributed by atoms with E-state index in [4.69, 9.17) is 9.10 Å². The van der Waals surface area contributed by atoms with Gasteiger partial charge in [0.1, 0.15) is 5.82 Å². The molecule has 0 aliphatic carbocycles. The summed E-state index contributed by atoms with van der Waals surface area (Å²) in [5.74, 6) is 0.832. The quantitative estimate of drug-likeness (QED) is 0.166. The molecule has 0 unspecified atom stereocenters. The summed E-state index contributed by atoms with van der Waals surface area (Å²) in [4.78, 5) is 10.8. The van der Waals surface area contributed by atoms with Gasteiger partial charge in [0.25, 0.3) is 0 Å². The first-order valence-electron chi connectivity index (χ1n) is 19.7. The number of rotatable bonds is 7. The molecule has 5 heteroatoms. The van der Waals surface area contributed by atoms with E-state index >= 15 is 0 Å². The summed E-state index contributed by atoms with van der Waals surface area (Å²) >= 11 is 0. The molecule has 258 valence electrons. The van der Waals surface area contributed by atoms with Crippen molar-refractivity contribution in [1.29, 1.82) is 0 Å². The van der Waals surface area contributed by atoms with Crippen molar-refractivity contribution in [2.45, 2.75) is 0 Å². The fourth-order valence-electron chi connectivity index (χ4n) is 7.92. The minimum atomic E-state index is -2.27. The van der Waals surface area contributed by atoms with E-state index in [2.05, 4.69) is 154 Å². The molecular formula is C49H37N5. The highest BCUT2D eigenvalue weighted by molar-refractivity contribution is 6.10. The summed E-state index contributed by atoms with van der Waals surface area (Å²) in [5.41, 5.74) is 12.1. The van der Waals surface area contributed by atoms with E-state index in [-0.39, 0.29) is 6.67 Å². The van der Waals surface area contributed by atoms with Gasteiger partial charge in [0, 0.05) is 50.8 Å². The van der Waals surface area contributed by atoms with E-state index in [0.29, 0.717) is 5.69 Å². The summed E-state index contributed by atoms with van der Waals surface area (Å²) in [6, 6.07) is 64.9. The predicted molar refractivity (Wildman–Crippen MR) is 226 cm³/mol. The Labute approximate surface area is 319 Å². The molecule has 54 heavy (non-hydrogen) atoms. The van der Waals surface area contributed by atoms with E-state index in [1.54, 1.807) is 0 Å². The fourth-order valence-corrected chi connectivity index (χ4v) is 7.92. The van der Waals surface area contributed by atoms with Crippen molar-refractivity contribution in [3.8, 4) is 28.1 Å². The number of pyridine rings is 1. The average molecular weight is 699 g/mol. The van der Waals surface area contributed by atoms with Crippen molar-refractivity contribution in [3.63, 3.8) is 0 Å². The number of hydrogen-bond donors (Lipinski definition) is 0. The van der Waals surface area contributed by atoms with Crippen LogP contribution in [0.5, 0.6) is 0 Å². The van der Waals surface area contributed by atoms with Crippen LogP contribution in [0.3, 0.4) is 0 Å². The molecule has 0 spiro atoms. The van der Waals surface area contributed by atoms with E-state index in [9.17, 15) is 0 Å². The van der Waals surface area contributed by atoms with Gasteiger partial charge in [-0.2, -0.15) is 0 Å². The Kier molecular flexibility index (Phi) is 6.93. The second kappa shape index (κ2) is 13.1. The van der Waals surface area contributed by atoms with Crippen molar-refractivity contribution in [2.24, 2.45) is 0 Å². The summed E-state index contributed by atoms with van der Waals surface area (Å²) in [7, 11) is 0. The third kappa shape index (κ3) is 5.37. The normalized spacial score (nSPS) is 13.4. The number of aromatic nitrogens is 2. The maximum atomic E-state index is 8.25. The van der Waals surface area contributed by atoms with Crippen molar-refractivity contribution in [2.75, 3.05) is 28.3 Å². The molecule has 7 aromatic carbocycles. The monoisotopic (exact) mass is 698 g/mol. The van der Waals surface area contributed by atoms with Gasteiger partial charge in [0.15, 0.2) is 0 Å². The van der Waals surface area contributed by atoms with E-state index in [1.807, 2.05) is 54.7 Å². The number of hydrogen-bond acceptors (Lipinski definition) is 4. The standard InChI is InChI=1S/C49H37N5/c1-51-34-52(47-26-13-12-25-46(47)51)38-19-14-20-39(32-38)53(37-17-6-3-7-18-37)40-27-28-44-43-23-10-11-24-45(43)54(48(44)33-40)49-31-36(29-30-50-49)42-22-9-8-21-41(42)35-15-4-2-5-16-35/h2-33H,34H2,1H3/i1D3. The Morgan fingerprint density at radius 2 is 1.19 bits per heavy atom. The van der Waals surface area contributed by atoms with Gasteiger partial charge in [-0.15, -0.1) is 0 Å². The lowest BCUT2D eigenvalue weighted by Crippen LogP contribution is -2.24. The van der Waals surface area contributed by atoms with Crippen LogP contribution < -0.4 is 14.7 Å². The van der Waals surface area contributed by atoms with Crippen LogP contribution in [0.1, 0.15) is 4.11 Å². The minimum absolute atomic E-state index is 0.221. The van der Waals surface area contributed by atoms with Crippen LogP contribution in [0.4, 0.5) is 34.1 Å². The topological polar surface area (TPSA) is 27.5 Å². The largest absolute Gasteiger partial charge is 0.355 e. The number of anilines is 6. The second-order valence-corrected chi connectivity index (χ2v) is 13.5. The molecule has 0 atom stereocenters. The van der Waals surface area contributed by atoms with Crippen LogP contribution in [0, 0.1) is 0 Å². The summed E-state index contributed by atoms with van der Waals surface area (Å²) in [6.45, 7) is -2.05. The van der Waals surface area contributed by atoms with E-state index in [0.717, 1.165) is 67.2 Å². The molecule has 1 aliphatic rings. The maximum Gasteiger partial charge on any atom is 0.138 e. The summed E-state index contributed by atoms with van der Waals surface area (Å²) < 4.78 is 27.0. The molecule has 0 amide bonds. The van der Waals surface area contributed by atoms with Crippen molar-refractivity contribution < 1.29 is 4.11 Å². The van der Waals surface area contributed by atoms with Crippen molar-refractivity contribution in [1.82, 2.24) is 9.55 Å². The molecular weight excluding hydrogens is 659 g/mol. The number of benzene rings is 7. The fraction of sp³-hybridized carbons (Fsp3) is 0.0408. The van der Waals surface area contributed by atoms with Crippen LogP contribution in [-0.2, 0) is 0 Å². The molecule has 1 aliphatic heterocycles. The van der Waals surface area contributed by atoms with Gasteiger partial charge in [0.2, 0.25) is 0 Å². The van der Waals surface area contributed by atoms with Gasteiger partial charge >= 0.3 is 0 Å². The molecule has 5 nitrogen and oxygen atoms in total. The lowest BCUT2D eigenvalue weighted by Gasteiger charge is -2.27. The Morgan fingerprint density at radius 3 is 2.02 bits per heavy atom. The van der Waals surface area contributed by atoms with Gasteiger partial charge in [-0.1, -0.05) is 115 Å². The zero-order valence-electron chi connectivity index (χ0n) is 32.4. The molecule has 0 saturated carbocycles. The molecule has 10 rings (SSSR count). The molecule has 0 N–H and O–H groups in total. The molecule has 9 aromatic rings. The first kappa shape index (κ1) is 28.5. The van der Waals surface area contributed by atoms with Crippen LogP contribution in [0.2, 0.25) is 0 Å². The Bertz CT molecular complexity index is 2910. The smallest absolute Gasteiger partial charge is 0.138 e. The number of para-hydroxylation sites is 4. The van der Waals surface area contributed by atoms with Gasteiger partial charge in [-0.3, -0.25) is 4.57 Å². The predicted octanol–water partition coefficient (Wildman–Crippen LogP) is 12.5. The minimum Gasteiger partial charge on any atom is -0.355 e. The Morgan fingerprint density at radius 1 is 0.519 bits per heavy atom. The first-order valence-corrected chi connectivity index (χ1v) is 18.2. The second-order valence-electron chi connectivity index (χ2n) is 13.5. The van der Waals surface area contributed by atoms with Crippen molar-refractivity contribution in [3.05, 3.63) is 194 Å². The van der Waals surface area contributed by atoms with Crippen LogP contribution >= 0.6 is 0 Å². The molecule has 0 bridgehead atoms. The van der Waals surface area contributed by atoms with Gasteiger partial charge < -0.3 is 14.7 Å². The highest BCUT2D eigenvalue weighted by Gasteiger charge is 2.25. The molecule has 2 aromatic heterocycles. The van der Waals surface area contributed by atoms with Crippen LogP contribution in [0.15, 0.2) is 194 Å². The van der Waals surface area contributed by atoms with E-state index < -0.39 is 6.98 Å².